The molecule has 3 N–H and O–H groups in total. The Morgan fingerprint density at radius 3 is 2.76 bits per heavy atom. The molecule has 1 saturated heterocycles. The highest BCUT2D eigenvalue weighted by Gasteiger charge is 2.28. The fourth-order valence-corrected chi connectivity index (χ4v) is 3.43. The molecule has 1 aromatic rings. The monoisotopic (exact) mass is 310 g/mol. The summed E-state index contributed by atoms with van der Waals surface area (Å²) in [7, 11) is 0. The van der Waals surface area contributed by atoms with Gasteiger partial charge in [0.05, 0.1) is 10.4 Å². The molecule has 0 aromatic carbocycles. The van der Waals surface area contributed by atoms with Gasteiger partial charge in [0.15, 0.2) is 0 Å². The number of carboxylic acids is 1. The number of hydrogen-bond donors (Lipinski definition) is 2. The van der Waals surface area contributed by atoms with Gasteiger partial charge in [-0.1, -0.05) is 0 Å². The molecule has 1 atom stereocenters. The van der Waals surface area contributed by atoms with E-state index in [1.165, 1.54) is 17.4 Å². The van der Waals surface area contributed by atoms with Crippen LogP contribution < -0.4 is 5.73 Å². The molecule has 2 amide bonds. The summed E-state index contributed by atoms with van der Waals surface area (Å²) in [6.45, 7) is 0.632. The van der Waals surface area contributed by atoms with Gasteiger partial charge in [-0.05, 0) is 31.7 Å². The van der Waals surface area contributed by atoms with E-state index in [1.54, 1.807) is 10.3 Å². The van der Waals surface area contributed by atoms with Crippen molar-refractivity contribution in [1.29, 1.82) is 0 Å². The van der Waals surface area contributed by atoms with E-state index in [1.807, 2.05) is 0 Å². The summed E-state index contributed by atoms with van der Waals surface area (Å²) in [5.41, 5.74) is 5.53. The first kappa shape index (κ1) is 15.5. The van der Waals surface area contributed by atoms with Gasteiger partial charge < -0.3 is 15.7 Å². The normalized spacial score (nSPS) is 18.5. The molecule has 2 rings (SSSR count). The van der Waals surface area contributed by atoms with Crippen LogP contribution in [0.4, 0.5) is 0 Å². The molecule has 1 aromatic heterocycles. The Morgan fingerprint density at radius 1 is 1.38 bits per heavy atom. The molecule has 0 aliphatic carbocycles. The quantitative estimate of drug-likeness (QED) is 0.864. The first-order chi connectivity index (χ1) is 9.99. The summed E-state index contributed by atoms with van der Waals surface area (Å²) in [6, 6.07) is 1.47. The van der Waals surface area contributed by atoms with Crippen LogP contribution in [0.25, 0.3) is 0 Å². The average Bonchev–Trinajstić information content (AvgIpc) is 2.94. The predicted octanol–water partition coefficient (Wildman–Crippen LogP) is 1.71. The zero-order valence-electron chi connectivity index (χ0n) is 11.6. The van der Waals surface area contributed by atoms with Gasteiger partial charge >= 0.3 is 5.97 Å². The third kappa shape index (κ3) is 3.81. The molecule has 2 heterocycles. The molecule has 0 radical (unpaired) electrons. The molecular formula is C14H18N2O4S. The number of likely N-dealkylation sites (tertiary alicyclic amines) is 1. The lowest BCUT2D eigenvalue weighted by atomic mass is 9.97. The lowest BCUT2D eigenvalue weighted by Crippen LogP contribution is -2.43. The first-order valence-corrected chi connectivity index (χ1v) is 7.78. The predicted molar refractivity (Wildman–Crippen MR) is 78.4 cm³/mol. The van der Waals surface area contributed by atoms with Crippen molar-refractivity contribution in [3.05, 3.63) is 21.9 Å². The molecule has 114 valence electrons. The maximum absolute atomic E-state index is 12.5. The number of nitrogens with zero attached hydrogens (tertiary/aromatic N) is 1. The second-order valence-corrected chi connectivity index (χ2v) is 6.06. The molecule has 6 nitrogen and oxygen atoms in total. The van der Waals surface area contributed by atoms with Crippen molar-refractivity contribution in [3.63, 3.8) is 0 Å². The molecule has 1 unspecified atom stereocenters. The zero-order chi connectivity index (χ0) is 15.4. The second-order valence-electron chi connectivity index (χ2n) is 5.14. The van der Waals surface area contributed by atoms with Crippen LogP contribution in [0.5, 0.6) is 0 Å². The van der Waals surface area contributed by atoms with Crippen LogP contribution in [0.1, 0.15) is 52.1 Å². The average molecular weight is 310 g/mol. The van der Waals surface area contributed by atoms with E-state index < -0.39 is 11.9 Å². The topological polar surface area (TPSA) is 101 Å². The number of carboxylic acid groups (broad SMARTS) is 1. The van der Waals surface area contributed by atoms with Crippen LogP contribution in [0, 0.1) is 0 Å². The van der Waals surface area contributed by atoms with E-state index in [0.29, 0.717) is 23.4 Å². The van der Waals surface area contributed by atoms with Gasteiger partial charge in [0.2, 0.25) is 5.91 Å². The Kier molecular flexibility index (Phi) is 4.95. The molecule has 0 spiro atoms. The minimum atomic E-state index is -0.847. The van der Waals surface area contributed by atoms with Gasteiger partial charge in [-0.2, -0.15) is 0 Å². The highest BCUT2D eigenvalue weighted by Crippen LogP contribution is 2.25. The molecule has 7 heteroatoms. The van der Waals surface area contributed by atoms with E-state index in [0.717, 1.165) is 19.3 Å². The number of rotatable bonds is 5. The largest absolute Gasteiger partial charge is 0.481 e. The molecule has 21 heavy (non-hydrogen) atoms. The number of nitrogens with two attached hydrogens (primary N) is 1. The highest BCUT2D eigenvalue weighted by atomic mass is 32.1. The number of piperidine rings is 1. The second kappa shape index (κ2) is 6.71. The standard InChI is InChI=1S/C14H18N2O4S/c15-13(19)9-7-11(21-8-9)14(20)16-6-2-1-3-10(16)4-5-12(17)18/h7-8,10H,1-6H2,(H2,15,19)(H,17,18). The lowest BCUT2D eigenvalue weighted by molar-refractivity contribution is -0.137. The summed E-state index contributed by atoms with van der Waals surface area (Å²) in [5.74, 6) is -1.53. The molecule has 1 aliphatic rings. The van der Waals surface area contributed by atoms with Crippen molar-refractivity contribution in [2.24, 2.45) is 5.73 Å². The van der Waals surface area contributed by atoms with E-state index in [-0.39, 0.29) is 18.4 Å². The van der Waals surface area contributed by atoms with Crippen LogP contribution in [0.3, 0.4) is 0 Å². The highest BCUT2D eigenvalue weighted by molar-refractivity contribution is 7.12. The Labute approximate surface area is 126 Å². The molecule has 0 saturated carbocycles. The lowest BCUT2D eigenvalue weighted by Gasteiger charge is -2.35. The summed E-state index contributed by atoms with van der Waals surface area (Å²) >= 11 is 1.20. The molecule has 1 fully saturated rings. The van der Waals surface area contributed by atoms with Crippen molar-refractivity contribution < 1.29 is 19.5 Å². The van der Waals surface area contributed by atoms with Crippen molar-refractivity contribution in [1.82, 2.24) is 4.90 Å². The number of hydrogen-bond acceptors (Lipinski definition) is 4. The minimum Gasteiger partial charge on any atom is -0.481 e. The van der Waals surface area contributed by atoms with Gasteiger partial charge in [0.1, 0.15) is 0 Å². The number of carbonyl (C=O) groups excluding carboxylic acids is 2. The molecule has 0 bridgehead atoms. The molecule has 1 aliphatic heterocycles. The number of primary amides is 1. The summed E-state index contributed by atoms with van der Waals surface area (Å²) in [5, 5.41) is 10.4. The van der Waals surface area contributed by atoms with E-state index in [9.17, 15) is 14.4 Å². The maximum atomic E-state index is 12.5. The number of amides is 2. The van der Waals surface area contributed by atoms with Gasteiger partial charge in [-0.15, -0.1) is 11.3 Å². The summed E-state index contributed by atoms with van der Waals surface area (Å²) < 4.78 is 0. The van der Waals surface area contributed by atoms with Gasteiger partial charge in [-0.3, -0.25) is 14.4 Å². The minimum absolute atomic E-state index is 0.0403. The Hall–Kier alpha value is -1.89. The number of aliphatic carboxylic acids is 1. The van der Waals surface area contributed by atoms with Crippen LogP contribution in [0.15, 0.2) is 11.4 Å². The van der Waals surface area contributed by atoms with Crippen LogP contribution in [-0.4, -0.2) is 40.4 Å². The Balaban J connectivity index is 2.10. The third-order valence-electron chi connectivity index (χ3n) is 3.67. The van der Waals surface area contributed by atoms with E-state index >= 15 is 0 Å². The van der Waals surface area contributed by atoms with Gasteiger partial charge in [0.25, 0.3) is 5.91 Å². The fourth-order valence-electron chi connectivity index (χ4n) is 2.58. The summed E-state index contributed by atoms with van der Waals surface area (Å²) in [6.07, 6.45) is 3.28. The Bertz CT molecular complexity index is 555. The van der Waals surface area contributed by atoms with Gasteiger partial charge in [-0.25, -0.2) is 0 Å². The van der Waals surface area contributed by atoms with Crippen molar-refractivity contribution >= 4 is 29.1 Å². The SMILES string of the molecule is NC(=O)c1csc(C(=O)N2CCCCC2CCC(=O)O)c1. The third-order valence-corrected chi connectivity index (χ3v) is 4.59. The maximum Gasteiger partial charge on any atom is 0.303 e. The van der Waals surface area contributed by atoms with Crippen LogP contribution in [-0.2, 0) is 4.79 Å². The smallest absolute Gasteiger partial charge is 0.303 e. The Morgan fingerprint density at radius 2 is 2.14 bits per heavy atom. The van der Waals surface area contributed by atoms with Crippen LogP contribution >= 0.6 is 11.3 Å². The van der Waals surface area contributed by atoms with Crippen LogP contribution in [0.2, 0.25) is 0 Å². The first-order valence-electron chi connectivity index (χ1n) is 6.90. The molecular weight excluding hydrogens is 292 g/mol. The van der Waals surface area contributed by atoms with Crippen molar-refractivity contribution in [2.45, 2.75) is 38.1 Å². The van der Waals surface area contributed by atoms with E-state index in [4.69, 9.17) is 10.8 Å². The summed E-state index contributed by atoms with van der Waals surface area (Å²) in [4.78, 5) is 36.6. The van der Waals surface area contributed by atoms with E-state index in [2.05, 4.69) is 0 Å². The fraction of sp³-hybridized carbons (Fsp3) is 0.500. The number of thiophene rings is 1. The van der Waals surface area contributed by atoms with Crippen molar-refractivity contribution in [3.8, 4) is 0 Å². The van der Waals surface area contributed by atoms with Gasteiger partial charge in [0, 0.05) is 24.4 Å². The number of carbonyl (C=O) groups is 3. The van der Waals surface area contributed by atoms with Crippen molar-refractivity contribution in [2.75, 3.05) is 6.54 Å². The zero-order valence-corrected chi connectivity index (χ0v) is 12.4.